The number of nitrogens with two attached hydrogens (primary N) is 1. The van der Waals surface area contributed by atoms with Gasteiger partial charge < -0.3 is 15.8 Å². The summed E-state index contributed by atoms with van der Waals surface area (Å²) in [5.41, 5.74) is 6.23. The molecule has 1 aromatic heterocycles. The third-order valence-electron chi connectivity index (χ3n) is 3.00. The predicted octanol–water partition coefficient (Wildman–Crippen LogP) is 0.726. The second-order valence-electron chi connectivity index (χ2n) is 4.48. The van der Waals surface area contributed by atoms with Gasteiger partial charge in [-0.15, -0.1) is 0 Å². The lowest BCUT2D eigenvalue weighted by Gasteiger charge is -2.19. The highest BCUT2D eigenvalue weighted by Gasteiger charge is 2.23. The van der Waals surface area contributed by atoms with Gasteiger partial charge in [-0.2, -0.15) is 0 Å². The summed E-state index contributed by atoms with van der Waals surface area (Å²) < 4.78 is 0. The summed E-state index contributed by atoms with van der Waals surface area (Å²) in [5.74, 6) is 2.15. The summed E-state index contributed by atoms with van der Waals surface area (Å²) in [5, 5.41) is 11.8. The molecule has 0 aromatic carbocycles. The quantitative estimate of drug-likeness (QED) is 0.341. The molecule has 3 N–H and O–H groups in total. The molecule has 6 nitrogen and oxygen atoms in total. The zero-order chi connectivity index (χ0) is 12.4. The van der Waals surface area contributed by atoms with Gasteiger partial charge in [0.25, 0.3) is 0 Å². The summed E-state index contributed by atoms with van der Waals surface area (Å²) in [6, 6.07) is 0. The Kier molecular flexibility index (Phi) is 3.12. The minimum atomic E-state index is 0.0551. The molecule has 92 valence electrons. The SMILES string of the molecule is Cc1ncc(C(N)=NO)c(N2CCC(C)C2)n1. The van der Waals surface area contributed by atoms with Crippen molar-refractivity contribution in [2.75, 3.05) is 18.0 Å². The fraction of sp³-hybridized carbons (Fsp3) is 0.545. The van der Waals surface area contributed by atoms with E-state index in [0.717, 1.165) is 25.3 Å². The van der Waals surface area contributed by atoms with E-state index in [1.807, 2.05) is 6.92 Å². The summed E-state index contributed by atoms with van der Waals surface area (Å²) in [6.07, 6.45) is 2.74. The first-order valence-electron chi connectivity index (χ1n) is 5.68. The fourth-order valence-electron chi connectivity index (χ4n) is 2.06. The lowest BCUT2D eigenvalue weighted by molar-refractivity contribution is 0.318. The number of rotatable bonds is 2. The standard InChI is InChI=1S/C11H17N5O/c1-7-3-4-16(6-7)11-9(10(12)15-17)5-13-8(2)14-11/h5,7,17H,3-4,6H2,1-2H3,(H2,12,15). The van der Waals surface area contributed by atoms with E-state index in [1.165, 1.54) is 0 Å². The topological polar surface area (TPSA) is 87.6 Å². The van der Waals surface area contributed by atoms with Crippen LogP contribution in [0.4, 0.5) is 5.82 Å². The number of amidine groups is 1. The lowest BCUT2D eigenvalue weighted by Crippen LogP contribution is -2.26. The minimum Gasteiger partial charge on any atom is -0.409 e. The van der Waals surface area contributed by atoms with Crippen LogP contribution >= 0.6 is 0 Å². The third kappa shape index (κ3) is 2.30. The number of anilines is 1. The van der Waals surface area contributed by atoms with Crippen molar-refractivity contribution in [1.29, 1.82) is 0 Å². The second kappa shape index (κ2) is 4.57. The normalized spacial score (nSPS) is 20.9. The maximum Gasteiger partial charge on any atom is 0.175 e. The van der Waals surface area contributed by atoms with Crippen LogP contribution in [0.3, 0.4) is 0 Å². The molecule has 1 saturated heterocycles. The molecule has 0 bridgehead atoms. The van der Waals surface area contributed by atoms with Gasteiger partial charge >= 0.3 is 0 Å². The molecular formula is C11H17N5O. The van der Waals surface area contributed by atoms with E-state index < -0.39 is 0 Å². The predicted molar refractivity (Wildman–Crippen MR) is 65.3 cm³/mol. The first-order chi connectivity index (χ1) is 8.11. The minimum absolute atomic E-state index is 0.0551. The van der Waals surface area contributed by atoms with Crippen molar-refractivity contribution in [3.8, 4) is 0 Å². The lowest BCUT2D eigenvalue weighted by atomic mass is 10.2. The first kappa shape index (κ1) is 11.6. The van der Waals surface area contributed by atoms with E-state index in [4.69, 9.17) is 10.9 Å². The number of hydrogen-bond acceptors (Lipinski definition) is 5. The second-order valence-corrected chi connectivity index (χ2v) is 4.48. The Morgan fingerprint density at radius 3 is 3.00 bits per heavy atom. The maximum absolute atomic E-state index is 8.77. The van der Waals surface area contributed by atoms with E-state index >= 15 is 0 Å². The Morgan fingerprint density at radius 1 is 1.65 bits per heavy atom. The van der Waals surface area contributed by atoms with E-state index in [1.54, 1.807) is 6.20 Å². The van der Waals surface area contributed by atoms with Crippen molar-refractivity contribution in [3.63, 3.8) is 0 Å². The van der Waals surface area contributed by atoms with Gasteiger partial charge in [-0.25, -0.2) is 9.97 Å². The van der Waals surface area contributed by atoms with Crippen LogP contribution in [0.5, 0.6) is 0 Å². The average molecular weight is 235 g/mol. The summed E-state index contributed by atoms with van der Waals surface area (Å²) >= 11 is 0. The summed E-state index contributed by atoms with van der Waals surface area (Å²) in [7, 11) is 0. The zero-order valence-corrected chi connectivity index (χ0v) is 10.1. The van der Waals surface area contributed by atoms with Crippen LogP contribution in [-0.2, 0) is 0 Å². The number of nitrogens with zero attached hydrogens (tertiary/aromatic N) is 4. The van der Waals surface area contributed by atoms with E-state index in [-0.39, 0.29) is 5.84 Å². The molecule has 0 amide bonds. The van der Waals surface area contributed by atoms with Gasteiger partial charge in [0, 0.05) is 19.3 Å². The average Bonchev–Trinajstić information content (AvgIpc) is 2.75. The van der Waals surface area contributed by atoms with Crippen LogP contribution in [-0.4, -0.2) is 34.1 Å². The van der Waals surface area contributed by atoms with Crippen LogP contribution in [0, 0.1) is 12.8 Å². The van der Waals surface area contributed by atoms with Gasteiger partial charge in [0.15, 0.2) is 5.84 Å². The molecule has 0 saturated carbocycles. The highest BCUT2D eigenvalue weighted by Crippen LogP contribution is 2.24. The summed E-state index contributed by atoms with van der Waals surface area (Å²) in [6.45, 7) is 5.93. The van der Waals surface area contributed by atoms with Gasteiger partial charge in [0.05, 0.1) is 5.56 Å². The van der Waals surface area contributed by atoms with Crippen molar-refractivity contribution in [1.82, 2.24) is 9.97 Å². The van der Waals surface area contributed by atoms with Crippen LogP contribution < -0.4 is 10.6 Å². The third-order valence-corrected chi connectivity index (χ3v) is 3.00. The molecule has 1 aliphatic rings. The summed E-state index contributed by atoms with van der Waals surface area (Å²) in [4.78, 5) is 10.7. The van der Waals surface area contributed by atoms with Crippen LogP contribution in [0.15, 0.2) is 11.4 Å². The Bertz CT molecular complexity index is 445. The number of oxime groups is 1. The molecule has 1 aromatic rings. The van der Waals surface area contributed by atoms with Crippen LogP contribution in [0.1, 0.15) is 24.7 Å². The van der Waals surface area contributed by atoms with Crippen molar-refractivity contribution in [2.45, 2.75) is 20.3 Å². The van der Waals surface area contributed by atoms with Crippen LogP contribution in [0.25, 0.3) is 0 Å². The highest BCUT2D eigenvalue weighted by atomic mass is 16.4. The molecule has 1 fully saturated rings. The smallest absolute Gasteiger partial charge is 0.175 e. The van der Waals surface area contributed by atoms with Gasteiger partial charge in [-0.1, -0.05) is 12.1 Å². The highest BCUT2D eigenvalue weighted by molar-refractivity contribution is 6.01. The largest absolute Gasteiger partial charge is 0.409 e. The molecule has 2 heterocycles. The molecular weight excluding hydrogens is 218 g/mol. The molecule has 1 unspecified atom stereocenters. The Labute approximate surface area is 100 Å². The molecule has 0 radical (unpaired) electrons. The fourth-order valence-corrected chi connectivity index (χ4v) is 2.06. The van der Waals surface area contributed by atoms with Gasteiger partial charge in [0.1, 0.15) is 11.6 Å². The number of aryl methyl sites for hydroxylation is 1. The molecule has 17 heavy (non-hydrogen) atoms. The van der Waals surface area contributed by atoms with Gasteiger partial charge in [-0.05, 0) is 19.3 Å². The van der Waals surface area contributed by atoms with E-state index in [9.17, 15) is 0 Å². The van der Waals surface area contributed by atoms with Crippen molar-refractivity contribution in [2.24, 2.45) is 16.8 Å². The Balaban J connectivity index is 2.40. The van der Waals surface area contributed by atoms with Crippen molar-refractivity contribution >= 4 is 11.7 Å². The van der Waals surface area contributed by atoms with Crippen molar-refractivity contribution < 1.29 is 5.21 Å². The molecule has 0 spiro atoms. The van der Waals surface area contributed by atoms with Crippen LogP contribution in [0.2, 0.25) is 0 Å². The molecule has 0 aliphatic carbocycles. The maximum atomic E-state index is 8.77. The monoisotopic (exact) mass is 235 g/mol. The number of aromatic nitrogens is 2. The Morgan fingerprint density at radius 2 is 2.41 bits per heavy atom. The molecule has 1 aliphatic heterocycles. The van der Waals surface area contributed by atoms with Gasteiger partial charge in [-0.3, -0.25) is 0 Å². The van der Waals surface area contributed by atoms with E-state index in [2.05, 4.69) is 26.9 Å². The number of hydrogen-bond donors (Lipinski definition) is 2. The molecule has 1 atom stereocenters. The first-order valence-corrected chi connectivity index (χ1v) is 5.68. The molecule has 6 heteroatoms. The Hall–Kier alpha value is -1.85. The zero-order valence-electron chi connectivity index (χ0n) is 10.1. The van der Waals surface area contributed by atoms with Gasteiger partial charge in [0.2, 0.25) is 0 Å². The molecule has 2 rings (SSSR count). The van der Waals surface area contributed by atoms with E-state index in [0.29, 0.717) is 17.3 Å². The van der Waals surface area contributed by atoms with Crippen molar-refractivity contribution in [3.05, 3.63) is 17.6 Å².